The van der Waals surface area contributed by atoms with E-state index in [4.69, 9.17) is 4.74 Å². The Kier molecular flexibility index (Phi) is 4.28. The second-order valence-electron chi connectivity index (χ2n) is 7.94. The Balaban J connectivity index is 1.61. The molecule has 4 aliphatic carbocycles. The van der Waals surface area contributed by atoms with E-state index in [0.29, 0.717) is 12.6 Å². The first-order valence-electron chi connectivity index (χ1n) is 9.74. The molecule has 4 aliphatic rings. The molecule has 4 fully saturated rings. The Morgan fingerprint density at radius 3 is 2.25 bits per heavy atom. The molecular formula is C21H29NO2. The van der Waals surface area contributed by atoms with Crippen LogP contribution in [-0.4, -0.2) is 30.0 Å². The first kappa shape index (κ1) is 16.0. The van der Waals surface area contributed by atoms with Crippen LogP contribution in [0.2, 0.25) is 0 Å². The van der Waals surface area contributed by atoms with Gasteiger partial charge in [-0.15, -0.1) is 0 Å². The third kappa shape index (κ3) is 2.62. The molecule has 3 heteroatoms. The van der Waals surface area contributed by atoms with Gasteiger partial charge in [0.1, 0.15) is 5.75 Å². The van der Waals surface area contributed by atoms with Crippen LogP contribution in [0, 0.1) is 23.7 Å². The van der Waals surface area contributed by atoms with Gasteiger partial charge in [-0.25, -0.2) is 0 Å². The van der Waals surface area contributed by atoms with Gasteiger partial charge in [-0.3, -0.25) is 4.79 Å². The number of ether oxygens (including phenoxy) is 1. The van der Waals surface area contributed by atoms with Crippen LogP contribution in [0.25, 0.3) is 0 Å². The third-order valence-corrected chi connectivity index (χ3v) is 6.56. The Hall–Kier alpha value is -1.51. The smallest absolute Gasteiger partial charge is 0.257 e. The molecule has 24 heavy (non-hydrogen) atoms. The SMILES string of the molecule is CCOc1ccccc1C(=O)N(CC)C1C2CC3CC(C2)CC1C3. The number of hydrogen-bond donors (Lipinski definition) is 0. The highest BCUT2D eigenvalue weighted by Gasteiger charge is 2.50. The lowest BCUT2D eigenvalue weighted by molar-refractivity contribution is -0.0544. The van der Waals surface area contributed by atoms with Crippen LogP contribution >= 0.6 is 0 Å². The van der Waals surface area contributed by atoms with Gasteiger partial charge in [-0.1, -0.05) is 12.1 Å². The molecule has 0 N–H and O–H groups in total. The maximum atomic E-state index is 13.3. The second kappa shape index (κ2) is 6.42. The van der Waals surface area contributed by atoms with E-state index in [-0.39, 0.29) is 5.91 Å². The molecule has 1 aromatic rings. The molecule has 0 aliphatic heterocycles. The number of hydrogen-bond acceptors (Lipinski definition) is 2. The normalized spacial score (nSPS) is 33.5. The van der Waals surface area contributed by atoms with Gasteiger partial charge in [0.05, 0.1) is 12.2 Å². The van der Waals surface area contributed by atoms with Crippen LogP contribution < -0.4 is 4.74 Å². The second-order valence-corrected chi connectivity index (χ2v) is 7.94. The topological polar surface area (TPSA) is 29.5 Å². The third-order valence-electron chi connectivity index (χ3n) is 6.56. The number of nitrogens with zero attached hydrogens (tertiary/aromatic N) is 1. The molecule has 3 nitrogen and oxygen atoms in total. The summed E-state index contributed by atoms with van der Waals surface area (Å²) in [5, 5.41) is 0. The minimum Gasteiger partial charge on any atom is -0.493 e. The monoisotopic (exact) mass is 327 g/mol. The average molecular weight is 327 g/mol. The number of para-hydroxylation sites is 1. The largest absolute Gasteiger partial charge is 0.493 e. The van der Waals surface area contributed by atoms with E-state index in [2.05, 4.69) is 11.8 Å². The van der Waals surface area contributed by atoms with E-state index in [1.165, 1.54) is 32.1 Å². The van der Waals surface area contributed by atoms with Crippen molar-refractivity contribution in [2.45, 2.75) is 52.0 Å². The number of carbonyl (C=O) groups is 1. The van der Waals surface area contributed by atoms with E-state index < -0.39 is 0 Å². The molecule has 4 bridgehead atoms. The van der Waals surface area contributed by atoms with Crippen molar-refractivity contribution in [2.24, 2.45) is 23.7 Å². The lowest BCUT2D eigenvalue weighted by Crippen LogP contribution is -2.57. The molecule has 0 saturated heterocycles. The summed E-state index contributed by atoms with van der Waals surface area (Å²) in [6.45, 7) is 5.49. The Bertz CT molecular complexity index is 584. The van der Waals surface area contributed by atoms with Crippen molar-refractivity contribution >= 4 is 5.91 Å². The van der Waals surface area contributed by atoms with Gasteiger partial charge in [0.15, 0.2) is 0 Å². The summed E-state index contributed by atoms with van der Waals surface area (Å²) in [5.41, 5.74) is 0.731. The fourth-order valence-corrected chi connectivity index (χ4v) is 5.97. The predicted octanol–water partition coefficient (Wildman–Crippen LogP) is 4.37. The van der Waals surface area contributed by atoms with Gasteiger partial charge in [-0.05, 0) is 81.8 Å². The Morgan fingerprint density at radius 1 is 1.04 bits per heavy atom. The van der Waals surface area contributed by atoms with E-state index >= 15 is 0 Å². The molecule has 0 heterocycles. The quantitative estimate of drug-likeness (QED) is 0.803. The van der Waals surface area contributed by atoms with E-state index in [1.54, 1.807) is 0 Å². The van der Waals surface area contributed by atoms with Gasteiger partial charge < -0.3 is 9.64 Å². The molecule has 1 aromatic carbocycles. The molecule has 4 saturated carbocycles. The van der Waals surface area contributed by atoms with Crippen molar-refractivity contribution in [1.29, 1.82) is 0 Å². The van der Waals surface area contributed by atoms with Crippen LogP contribution in [0.1, 0.15) is 56.3 Å². The first-order valence-corrected chi connectivity index (χ1v) is 9.74. The predicted molar refractivity (Wildman–Crippen MR) is 95.2 cm³/mol. The number of amides is 1. The summed E-state index contributed by atoms with van der Waals surface area (Å²) in [6, 6.07) is 8.18. The highest BCUT2D eigenvalue weighted by atomic mass is 16.5. The van der Waals surface area contributed by atoms with Crippen molar-refractivity contribution in [1.82, 2.24) is 4.90 Å². The minimum absolute atomic E-state index is 0.166. The summed E-state index contributed by atoms with van der Waals surface area (Å²) in [7, 11) is 0. The summed E-state index contributed by atoms with van der Waals surface area (Å²) >= 11 is 0. The summed E-state index contributed by atoms with van der Waals surface area (Å²) in [6.07, 6.45) is 6.82. The number of benzene rings is 1. The van der Waals surface area contributed by atoms with Crippen molar-refractivity contribution < 1.29 is 9.53 Å². The zero-order valence-electron chi connectivity index (χ0n) is 14.9. The van der Waals surface area contributed by atoms with Gasteiger partial charge in [0, 0.05) is 12.6 Å². The fraction of sp³-hybridized carbons (Fsp3) is 0.667. The molecule has 5 rings (SSSR count). The summed E-state index contributed by atoms with van der Waals surface area (Å²) in [4.78, 5) is 15.5. The van der Waals surface area contributed by atoms with Crippen LogP contribution in [-0.2, 0) is 0 Å². The number of carbonyl (C=O) groups excluding carboxylic acids is 1. The van der Waals surface area contributed by atoms with Crippen molar-refractivity contribution in [3.63, 3.8) is 0 Å². The molecule has 130 valence electrons. The summed E-state index contributed by atoms with van der Waals surface area (Å²) in [5.74, 6) is 4.22. The van der Waals surface area contributed by atoms with Gasteiger partial charge in [0.2, 0.25) is 0 Å². The molecular weight excluding hydrogens is 298 g/mol. The van der Waals surface area contributed by atoms with Crippen LogP contribution in [0.5, 0.6) is 5.75 Å². The lowest BCUT2D eigenvalue weighted by Gasteiger charge is -2.57. The highest BCUT2D eigenvalue weighted by Crippen LogP contribution is 2.55. The molecule has 1 amide bonds. The molecule has 0 radical (unpaired) electrons. The Labute approximate surface area is 145 Å². The Morgan fingerprint density at radius 2 is 1.67 bits per heavy atom. The molecule has 0 aromatic heterocycles. The average Bonchev–Trinajstić information content (AvgIpc) is 2.58. The molecule has 0 atom stereocenters. The van der Waals surface area contributed by atoms with Crippen LogP contribution in [0.15, 0.2) is 24.3 Å². The highest BCUT2D eigenvalue weighted by molar-refractivity contribution is 5.97. The van der Waals surface area contributed by atoms with Crippen molar-refractivity contribution in [3.8, 4) is 5.75 Å². The van der Waals surface area contributed by atoms with Crippen molar-refractivity contribution in [3.05, 3.63) is 29.8 Å². The zero-order chi connectivity index (χ0) is 16.7. The van der Waals surface area contributed by atoms with Gasteiger partial charge in [-0.2, -0.15) is 0 Å². The lowest BCUT2D eigenvalue weighted by atomic mass is 9.54. The van der Waals surface area contributed by atoms with Gasteiger partial charge >= 0.3 is 0 Å². The van der Waals surface area contributed by atoms with E-state index in [0.717, 1.165) is 41.5 Å². The standard InChI is InChI=1S/C21H29NO2/c1-3-22(21(23)18-7-5-6-8-19(18)24-4-2)20-16-10-14-9-15(12-16)13-17(20)11-14/h5-8,14-17,20H,3-4,9-13H2,1-2H3. The maximum Gasteiger partial charge on any atom is 0.257 e. The fourth-order valence-electron chi connectivity index (χ4n) is 5.97. The van der Waals surface area contributed by atoms with Crippen LogP contribution in [0.4, 0.5) is 0 Å². The molecule has 0 spiro atoms. The zero-order valence-corrected chi connectivity index (χ0v) is 14.9. The van der Waals surface area contributed by atoms with Crippen LogP contribution in [0.3, 0.4) is 0 Å². The van der Waals surface area contributed by atoms with Crippen molar-refractivity contribution in [2.75, 3.05) is 13.2 Å². The molecule has 0 unspecified atom stereocenters. The van der Waals surface area contributed by atoms with Gasteiger partial charge in [0.25, 0.3) is 5.91 Å². The first-order chi connectivity index (χ1) is 11.7. The van der Waals surface area contributed by atoms with E-state index in [9.17, 15) is 4.79 Å². The van der Waals surface area contributed by atoms with E-state index in [1.807, 2.05) is 31.2 Å². The number of rotatable bonds is 5. The minimum atomic E-state index is 0.166. The summed E-state index contributed by atoms with van der Waals surface area (Å²) < 4.78 is 5.71. The maximum absolute atomic E-state index is 13.3.